The molecule has 6 heteroatoms. The SMILES string of the molecule is C[C@H]1CC(c2ccncc2[N+](=O)[O-])=CC[C@@]1(O)C=O. The van der Waals surface area contributed by atoms with Crippen LogP contribution in [0.25, 0.3) is 5.57 Å². The normalized spacial score (nSPS) is 26.6. The molecule has 2 atom stereocenters. The topological polar surface area (TPSA) is 93.3 Å². The lowest BCUT2D eigenvalue weighted by Crippen LogP contribution is -2.39. The average Bonchev–Trinajstić information content (AvgIpc) is 2.42. The number of pyridine rings is 1. The van der Waals surface area contributed by atoms with Crippen molar-refractivity contribution in [3.05, 3.63) is 40.2 Å². The number of aldehydes is 1. The molecule has 2 rings (SSSR count). The van der Waals surface area contributed by atoms with E-state index in [1.807, 2.05) is 0 Å². The van der Waals surface area contributed by atoms with Crippen LogP contribution in [0.3, 0.4) is 0 Å². The number of aliphatic hydroxyl groups is 1. The van der Waals surface area contributed by atoms with Crippen LogP contribution in [0.1, 0.15) is 25.3 Å². The Bertz CT molecular complexity index is 555. The van der Waals surface area contributed by atoms with Crippen molar-refractivity contribution in [2.75, 3.05) is 0 Å². The molecule has 1 aliphatic rings. The van der Waals surface area contributed by atoms with Gasteiger partial charge in [0.25, 0.3) is 5.69 Å². The molecule has 1 N–H and O–H groups in total. The third kappa shape index (κ3) is 2.39. The number of nitro groups is 1. The van der Waals surface area contributed by atoms with E-state index in [4.69, 9.17) is 0 Å². The van der Waals surface area contributed by atoms with Gasteiger partial charge in [-0.15, -0.1) is 0 Å². The fourth-order valence-electron chi connectivity index (χ4n) is 2.27. The Balaban J connectivity index is 2.40. The van der Waals surface area contributed by atoms with E-state index in [0.29, 0.717) is 18.3 Å². The Kier molecular flexibility index (Phi) is 3.44. The van der Waals surface area contributed by atoms with Crippen LogP contribution < -0.4 is 0 Å². The molecule has 1 aliphatic carbocycles. The van der Waals surface area contributed by atoms with E-state index >= 15 is 0 Å². The zero-order valence-electron chi connectivity index (χ0n) is 10.4. The Morgan fingerprint density at radius 2 is 2.37 bits per heavy atom. The van der Waals surface area contributed by atoms with E-state index in [2.05, 4.69) is 4.98 Å². The molecule has 1 aromatic heterocycles. The third-order valence-electron chi connectivity index (χ3n) is 3.60. The van der Waals surface area contributed by atoms with Crippen molar-refractivity contribution in [2.45, 2.75) is 25.4 Å². The zero-order chi connectivity index (χ0) is 14.0. The Hall–Kier alpha value is -2.08. The Morgan fingerprint density at radius 3 is 2.95 bits per heavy atom. The summed E-state index contributed by atoms with van der Waals surface area (Å²) in [5.41, 5.74) is -0.156. The molecule has 0 amide bonds. The van der Waals surface area contributed by atoms with Crippen molar-refractivity contribution in [2.24, 2.45) is 5.92 Å². The fourth-order valence-corrected chi connectivity index (χ4v) is 2.27. The van der Waals surface area contributed by atoms with Crippen LogP contribution in [0.5, 0.6) is 0 Å². The highest BCUT2D eigenvalue weighted by Crippen LogP contribution is 2.38. The summed E-state index contributed by atoms with van der Waals surface area (Å²) in [5, 5.41) is 21.0. The second-order valence-electron chi connectivity index (χ2n) is 4.80. The highest BCUT2D eigenvalue weighted by molar-refractivity contribution is 5.76. The van der Waals surface area contributed by atoms with E-state index in [9.17, 15) is 20.0 Å². The quantitative estimate of drug-likeness (QED) is 0.508. The van der Waals surface area contributed by atoms with E-state index in [-0.39, 0.29) is 18.0 Å². The Labute approximate surface area is 109 Å². The monoisotopic (exact) mass is 262 g/mol. The van der Waals surface area contributed by atoms with Crippen molar-refractivity contribution in [3.8, 4) is 0 Å². The van der Waals surface area contributed by atoms with Gasteiger partial charge < -0.3 is 9.90 Å². The summed E-state index contributed by atoms with van der Waals surface area (Å²) in [4.78, 5) is 25.1. The van der Waals surface area contributed by atoms with E-state index in [1.165, 1.54) is 12.4 Å². The summed E-state index contributed by atoms with van der Waals surface area (Å²) in [5.74, 6) is -0.280. The minimum atomic E-state index is -1.37. The van der Waals surface area contributed by atoms with Gasteiger partial charge in [-0.25, -0.2) is 0 Å². The zero-order valence-corrected chi connectivity index (χ0v) is 10.4. The third-order valence-corrected chi connectivity index (χ3v) is 3.60. The number of nitrogens with zero attached hydrogens (tertiary/aromatic N) is 2. The van der Waals surface area contributed by atoms with Gasteiger partial charge in [0.1, 0.15) is 11.8 Å². The van der Waals surface area contributed by atoms with Gasteiger partial charge in [-0.3, -0.25) is 15.1 Å². The lowest BCUT2D eigenvalue weighted by Gasteiger charge is -2.32. The van der Waals surface area contributed by atoms with Crippen molar-refractivity contribution < 1.29 is 14.8 Å². The van der Waals surface area contributed by atoms with Crippen molar-refractivity contribution in [3.63, 3.8) is 0 Å². The predicted octanol–water partition coefficient (Wildman–Crippen LogP) is 1.73. The summed E-state index contributed by atoms with van der Waals surface area (Å²) in [6, 6.07) is 1.59. The van der Waals surface area contributed by atoms with Crippen molar-refractivity contribution in [1.29, 1.82) is 0 Å². The van der Waals surface area contributed by atoms with Crippen LogP contribution in [0.4, 0.5) is 5.69 Å². The van der Waals surface area contributed by atoms with Gasteiger partial charge in [0, 0.05) is 12.6 Å². The van der Waals surface area contributed by atoms with Gasteiger partial charge in [0.15, 0.2) is 6.29 Å². The van der Waals surface area contributed by atoms with Gasteiger partial charge in [-0.2, -0.15) is 0 Å². The number of carbonyl (C=O) groups is 1. The van der Waals surface area contributed by atoms with E-state index in [0.717, 1.165) is 5.57 Å². The lowest BCUT2D eigenvalue weighted by atomic mass is 9.76. The van der Waals surface area contributed by atoms with Crippen LogP contribution in [0.2, 0.25) is 0 Å². The second kappa shape index (κ2) is 4.89. The summed E-state index contributed by atoms with van der Waals surface area (Å²) >= 11 is 0. The number of allylic oxidation sites excluding steroid dienone is 1. The number of rotatable bonds is 3. The minimum absolute atomic E-state index is 0.0579. The van der Waals surface area contributed by atoms with Crippen molar-refractivity contribution in [1.82, 2.24) is 4.98 Å². The maximum absolute atomic E-state index is 11.0. The molecule has 0 unspecified atom stereocenters. The molecule has 1 heterocycles. The molecule has 6 nitrogen and oxygen atoms in total. The maximum Gasteiger partial charge on any atom is 0.294 e. The van der Waals surface area contributed by atoms with Gasteiger partial charge in [-0.05, 0) is 24.0 Å². The number of hydrogen-bond acceptors (Lipinski definition) is 5. The van der Waals surface area contributed by atoms with Gasteiger partial charge in [0.2, 0.25) is 0 Å². The fraction of sp³-hybridized carbons (Fsp3) is 0.385. The first kappa shape index (κ1) is 13.4. The van der Waals surface area contributed by atoms with E-state index < -0.39 is 10.5 Å². The molecule has 0 radical (unpaired) electrons. The first-order chi connectivity index (χ1) is 8.98. The van der Waals surface area contributed by atoms with Crippen LogP contribution in [0, 0.1) is 16.0 Å². The molecule has 0 fully saturated rings. The molecular formula is C13H14N2O4. The first-order valence-corrected chi connectivity index (χ1v) is 5.94. The Morgan fingerprint density at radius 1 is 1.63 bits per heavy atom. The minimum Gasteiger partial charge on any atom is -0.382 e. The highest BCUT2D eigenvalue weighted by atomic mass is 16.6. The predicted molar refractivity (Wildman–Crippen MR) is 68.3 cm³/mol. The molecule has 0 saturated carbocycles. The number of aromatic nitrogens is 1. The van der Waals surface area contributed by atoms with Crippen LogP contribution in [0.15, 0.2) is 24.5 Å². The molecule has 0 aliphatic heterocycles. The highest BCUT2D eigenvalue weighted by Gasteiger charge is 2.37. The summed E-state index contributed by atoms with van der Waals surface area (Å²) in [6.45, 7) is 1.76. The maximum atomic E-state index is 11.0. The van der Waals surface area contributed by atoms with Gasteiger partial charge >= 0.3 is 0 Å². The standard InChI is InChI=1S/C13H14N2O4/c1-9-6-10(2-4-13(9,17)8-16)11-3-5-14-7-12(11)15(18)19/h2-3,5,7-9,17H,4,6H2,1H3/t9-,13+/m0/s1. The summed E-state index contributed by atoms with van der Waals surface area (Å²) in [7, 11) is 0. The van der Waals surface area contributed by atoms with E-state index in [1.54, 1.807) is 19.1 Å². The van der Waals surface area contributed by atoms with Crippen LogP contribution in [-0.4, -0.2) is 26.9 Å². The first-order valence-electron chi connectivity index (χ1n) is 5.94. The average molecular weight is 262 g/mol. The summed E-state index contributed by atoms with van der Waals surface area (Å²) < 4.78 is 0. The van der Waals surface area contributed by atoms with Gasteiger partial charge in [0.05, 0.1) is 10.5 Å². The lowest BCUT2D eigenvalue weighted by molar-refractivity contribution is -0.385. The van der Waals surface area contributed by atoms with Gasteiger partial charge in [-0.1, -0.05) is 13.0 Å². The van der Waals surface area contributed by atoms with Crippen LogP contribution >= 0.6 is 0 Å². The smallest absolute Gasteiger partial charge is 0.294 e. The molecule has 1 aromatic rings. The number of hydrogen-bond donors (Lipinski definition) is 1. The largest absolute Gasteiger partial charge is 0.382 e. The molecule has 0 aromatic carbocycles. The molecule has 19 heavy (non-hydrogen) atoms. The second-order valence-corrected chi connectivity index (χ2v) is 4.80. The molecule has 0 saturated heterocycles. The molecule has 0 bridgehead atoms. The number of carbonyl (C=O) groups excluding carboxylic acids is 1. The molecule has 100 valence electrons. The molecular weight excluding hydrogens is 248 g/mol. The van der Waals surface area contributed by atoms with Crippen LogP contribution in [-0.2, 0) is 4.79 Å². The molecule has 0 spiro atoms. The summed E-state index contributed by atoms with van der Waals surface area (Å²) in [6.07, 6.45) is 5.53. The van der Waals surface area contributed by atoms with Crippen molar-refractivity contribution >= 4 is 17.5 Å².